The van der Waals surface area contributed by atoms with E-state index in [-0.39, 0.29) is 30.3 Å². The summed E-state index contributed by atoms with van der Waals surface area (Å²) in [4.78, 5) is 26.4. The van der Waals surface area contributed by atoms with E-state index in [9.17, 15) is 9.59 Å². The van der Waals surface area contributed by atoms with Crippen LogP contribution in [0.4, 0.5) is 0 Å². The number of hydrogen-bond donors (Lipinski definition) is 2. The van der Waals surface area contributed by atoms with Crippen LogP contribution in [0.15, 0.2) is 18.2 Å². The fourth-order valence-electron chi connectivity index (χ4n) is 3.07. The van der Waals surface area contributed by atoms with Crippen molar-refractivity contribution >= 4 is 11.8 Å². The van der Waals surface area contributed by atoms with Gasteiger partial charge in [-0.2, -0.15) is 0 Å². The maximum Gasteiger partial charge on any atom is 0.242 e. The van der Waals surface area contributed by atoms with Crippen LogP contribution >= 0.6 is 0 Å². The fourth-order valence-corrected chi connectivity index (χ4v) is 3.07. The molecule has 0 spiro atoms. The number of carbonyl (C=O) groups is 2. The normalized spacial score (nSPS) is 18.8. The molecule has 0 saturated carbocycles. The van der Waals surface area contributed by atoms with Crippen LogP contribution in [0, 0.1) is 19.8 Å². The summed E-state index contributed by atoms with van der Waals surface area (Å²) in [5.41, 5.74) is 9.48. The molecule has 2 rings (SSSR count). The van der Waals surface area contributed by atoms with Gasteiger partial charge in [0.25, 0.3) is 0 Å². The van der Waals surface area contributed by atoms with Gasteiger partial charge in [0.1, 0.15) is 0 Å². The minimum atomic E-state index is -0.577. The third-order valence-corrected chi connectivity index (χ3v) is 4.92. The molecule has 1 aliphatic rings. The summed E-state index contributed by atoms with van der Waals surface area (Å²) in [6.07, 6.45) is 1.95. The average molecular weight is 331 g/mol. The number of carbonyl (C=O) groups excluding carboxylic acids is 2. The second kappa shape index (κ2) is 7.79. The third-order valence-electron chi connectivity index (χ3n) is 4.92. The first-order valence-electron chi connectivity index (χ1n) is 8.71. The molecule has 24 heavy (non-hydrogen) atoms. The number of rotatable bonds is 5. The number of aryl methyl sites for hydroxylation is 2. The highest BCUT2D eigenvalue weighted by atomic mass is 16.2. The Labute approximate surface area is 144 Å². The lowest BCUT2D eigenvalue weighted by atomic mass is 9.99. The van der Waals surface area contributed by atoms with Gasteiger partial charge in [0.2, 0.25) is 11.8 Å². The molecule has 0 aliphatic carbocycles. The largest absolute Gasteiger partial charge is 0.346 e. The van der Waals surface area contributed by atoms with Crippen LogP contribution in [-0.2, 0) is 9.59 Å². The molecule has 0 aromatic heterocycles. The molecular weight excluding hydrogens is 302 g/mol. The van der Waals surface area contributed by atoms with E-state index in [1.54, 1.807) is 0 Å². The van der Waals surface area contributed by atoms with E-state index in [2.05, 4.69) is 37.4 Å². The van der Waals surface area contributed by atoms with Crippen molar-refractivity contribution in [2.24, 2.45) is 11.7 Å². The first-order chi connectivity index (χ1) is 11.3. The summed E-state index contributed by atoms with van der Waals surface area (Å²) < 4.78 is 0. The third kappa shape index (κ3) is 4.15. The number of nitrogens with one attached hydrogen (secondary N) is 1. The Morgan fingerprint density at radius 2 is 2.00 bits per heavy atom. The zero-order valence-electron chi connectivity index (χ0n) is 15.1. The van der Waals surface area contributed by atoms with Gasteiger partial charge in [-0.3, -0.25) is 9.59 Å². The van der Waals surface area contributed by atoms with E-state index in [0.717, 1.165) is 19.4 Å². The van der Waals surface area contributed by atoms with Crippen molar-refractivity contribution in [2.75, 3.05) is 13.1 Å². The highest BCUT2D eigenvalue weighted by Crippen LogP contribution is 2.32. The molecule has 1 fully saturated rings. The summed E-state index contributed by atoms with van der Waals surface area (Å²) in [5, 5.41) is 2.68. The first-order valence-corrected chi connectivity index (χ1v) is 8.71. The summed E-state index contributed by atoms with van der Waals surface area (Å²) >= 11 is 0. The quantitative estimate of drug-likeness (QED) is 0.867. The van der Waals surface area contributed by atoms with E-state index in [4.69, 9.17) is 5.73 Å². The van der Waals surface area contributed by atoms with E-state index in [0.29, 0.717) is 0 Å². The number of nitrogens with two attached hydrogens (primary N) is 1. The maximum atomic E-state index is 12.5. The zero-order valence-corrected chi connectivity index (χ0v) is 15.1. The molecule has 3 N–H and O–H groups in total. The first kappa shape index (κ1) is 18.5. The van der Waals surface area contributed by atoms with E-state index < -0.39 is 6.04 Å². The molecule has 1 saturated heterocycles. The molecule has 1 aromatic carbocycles. The molecule has 1 unspecified atom stereocenters. The van der Waals surface area contributed by atoms with Gasteiger partial charge in [-0.05, 0) is 49.3 Å². The Hall–Kier alpha value is -1.88. The van der Waals surface area contributed by atoms with Crippen molar-refractivity contribution in [1.82, 2.24) is 10.2 Å². The number of hydrogen-bond acceptors (Lipinski definition) is 3. The van der Waals surface area contributed by atoms with Gasteiger partial charge in [0, 0.05) is 6.54 Å². The Morgan fingerprint density at radius 3 is 2.62 bits per heavy atom. The molecule has 2 amide bonds. The molecule has 5 nitrogen and oxygen atoms in total. The van der Waals surface area contributed by atoms with E-state index >= 15 is 0 Å². The topological polar surface area (TPSA) is 75.4 Å². The van der Waals surface area contributed by atoms with E-state index in [1.165, 1.54) is 16.7 Å². The lowest BCUT2D eigenvalue weighted by Gasteiger charge is -2.26. The average Bonchev–Trinajstić information content (AvgIpc) is 3.03. The monoisotopic (exact) mass is 331 g/mol. The Bertz CT molecular complexity index is 613. The number of benzene rings is 1. The van der Waals surface area contributed by atoms with Crippen LogP contribution < -0.4 is 11.1 Å². The Morgan fingerprint density at radius 1 is 1.29 bits per heavy atom. The van der Waals surface area contributed by atoms with Crippen molar-refractivity contribution in [1.29, 1.82) is 0 Å². The fraction of sp³-hybridized carbons (Fsp3) is 0.579. The number of nitrogens with zero attached hydrogens (tertiary/aromatic N) is 1. The smallest absolute Gasteiger partial charge is 0.242 e. The van der Waals surface area contributed by atoms with Gasteiger partial charge in [0.15, 0.2) is 0 Å². The van der Waals surface area contributed by atoms with Crippen molar-refractivity contribution in [2.45, 2.75) is 52.6 Å². The van der Waals surface area contributed by atoms with Crippen molar-refractivity contribution in [3.05, 3.63) is 34.9 Å². The highest BCUT2D eigenvalue weighted by molar-refractivity contribution is 5.87. The van der Waals surface area contributed by atoms with Crippen LogP contribution in [-0.4, -0.2) is 35.8 Å². The van der Waals surface area contributed by atoms with Gasteiger partial charge in [-0.15, -0.1) is 0 Å². The van der Waals surface area contributed by atoms with Crippen LogP contribution in [0.1, 0.15) is 49.4 Å². The lowest BCUT2D eigenvalue weighted by Crippen LogP contribution is -2.47. The summed E-state index contributed by atoms with van der Waals surface area (Å²) in [7, 11) is 0. The highest BCUT2D eigenvalue weighted by Gasteiger charge is 2.30. The lowest BCUT2D eigenvalue weighted by molar-refractivity contribution is -0.134. The molecule has 2 atom stereocenters. The van der Waals surface area contributed by atoms with Gasteiger partial charge < -0.3 is 16.0 Å². The van der Waals surface area contributed by atoms with Gasteiger partial charge in [-0.1, -0.05) is 32.0 Å². The predicted octanol–water partition coefficient (Wildman–Crippen LogP) is 2.07. The van der Waals surface area contributed by atoms with Crippen LogP contribution in [0.25, 0.3) is 0 Å². The van der Waals surface area contributed by atoms with Crippen LogP contribution in [0.3, 0.4) is 0 Å². The van der Waals surface area contributed by atoms with Crippen LogP contribution in [0.5, 0.6) is 0 Å². The molecule has 1 aromatic rings. The molecule has 0 bridgehead atoms. The number of amides is 2. The summed E-state index contributed by atoms with van der Waals surface area (Å²) in [6, 6.07) is 5.90. The van der Waals surface area contributed by atoms with Gasteiger partial charge in [0.05, 0.1) is 18.6 Å². The molecular formula is C19H29N3O2. The molecule has 1 heterocycles. The Balaban J connectivity index is 2.00. The standard InChI is InChI=1S/C19H29N3O2/c1-12(2)18(20)19(24)21-11-17(23)22-9-5-6-16(22)15-8-7-13(3)14(4)10-15/h7-8,10,12,16,18H,5-6,9,11,20H2,1-4H3,(H,21,24)/t16?,18-/m0/s1. The SMILES string of the molecule is Cc1ccc(C2CCCN2C(=O)CNC(=O)[C@@H](N)C(C)C)cc1C. The second-order valence-electron chi connectivity index (χ2n) is 7.08. The maximum absolute atomic E-state index is 12.5. The van der Waals surface area contributed by atoms with Crippen molar-refractivity contribution in [3.8, 4) is 0 Å². The number of likely N-dealkylation sites (tertiary alicyclic amines) is 1. The van der Waals surface area contributed by atoms with E-state index in [1.807, 2.05) is 18.7 Å². The molecule has 1 aliphatic heterocycles. The summed E-state index contributed by atoms with van der Waals surface area (Å²) in [5.74, 6) is -0.254. The van der Waals surface area contributed by atoms with Gasteiger partial charge >= 0.3 is 0 Å². The van der Waals surface area contributed by atoms with Crippen molar-refractivity contribution < 1.29 is 9.59 Å². The minimum absolute atomic E-state index is 0.0145. The predicted molar refractivity (Wildman–Crippen MR) is 95.4 cm³/mol. The van der Waals surface area contributed by atoms with Crippen LogP contribution in [0.2, 0.25) is 0 Å². The molecule has 5 heteroatoms. The molecule has 0 radical (unpaired) electrons. The Kier molecular flexibility index (Phi) is 5.99. The van der Waals surface area contributed by atoms with Gasteiger partial charge in [-0.25, -0.2) is 0 Å². The minimum Gasteiger partial charge on any atom is -0.346 e. The second-order valence-corrected chi connectivity index (χ2v) is 7.08. The van der Waals surface area contributed by atoms with Crippen molar-refractivity contribution in [3.63, 3.8) is 0 Å². The molecule has 132 valence electrons. The summed E-state index contributed by atoms with van der Waals surface area (Å²) in [6.45, 7) is 8.71. The zero-order chi connectivity index (χ0) is 17.9.